The smallest absolute Gasteiger partial charge is 0.224 e. The molecule has 0 radical (unpaired) electrons. The van der Waals surface area contributed by atoms with E-state index in [4.69, 9.17) is 4.74 Å². The van der Waals surface area contributed by atoms with Gasteiger partial charge in [-0.05, 0) is 56.7 Å². The van der Waals surface area contributed by atoms with Gasteiger partial charge in [-0.2, -0.15) is 0 Å². The minimum absolute atomic E-state index is 0.0228. The molecule has 0 aliphatic carbocycles. The number of aldehydes is 1. The zero-order chi connectivity index (χ0) is 26.2. The molecule has 4 nitrogen and oxygen atoms in total. The van der Waals surface area contributed by atoms with Crippen molar-refractivity contribution in [1.29, 1.82) is 0 Å². The van der Waals surface area contributed by atoms with Crippen LogP contribution in [0.15, 0.2) is 54.6 Å². The average molecular weight is 494 g/mol. The lowest BCUT2D eigenvalue weighted by atomic mass is 9.84. The lowest BCUT2D eigenvalue weighted by Gasteiger charge is -2.36. The van der Waals surface area contributed by atoms with Gasteiger partial charge in [-0.3, -0.25) is 9.59 Å². The molecule has 198 valence electrons. The molecule has 36 heavy (non-hydrogen) atoms. The fourth-order valence-corrected chi connectivity index (χ4v) is 5.31. The third-order valence-electron chi connectivity index (χ3n) is 7.21. The summed E-state index contributed by atoms with van der Waals surface area (Å²) in [6, 6.07) is 17.8. The summed E-state index contributed by atoms with van der Waals surface area (Å²) in [5, 5.41) is 0. The standard InChI is InChI=1S/C32H47NO3/c1-5-7-8-9-10-11-13-18-28(31-22-17-16-19-29(31)25-34)23-24-32(26(3)36-6-2)33(27(4)35)30-20-14-12-15-21-30/h12,14-17,19-22,25-26,28,32H,5-11,13,18,23-24H2,1-4H3. The number of carbonyl (C=O) groups is 2. The molecular formula is C32H47NO3. The van der Waals surface area contributed by atoms with Crippen LogP contribution in [0.5, 0.6) is 0 Å². The zero-order valence-electron chi connectivity index (χ0n) is 23.0. The monoisotopic (exact) mass is 493 g/mol. The van der Waals surface area contributed by atoms with Crippen molar-refractivity contribution in [2.45, 2.75) is 110 Å². The molecule has 0 N–H and O–H groups in total. The first-order chi connectivity index (χ1) is 17.5. The highest BCUT2D eigenvalue weighted by Gasteiger charge is 2.29. The molecule has 0 heterocycles. The summed E-state index contributed by atoms with van der Waals surface area (Å²) in [7, 11) is 0. The predicted molar refractivity (Wildman–Crippen MR) is 151 cm³/mol. The molecule has 0 saturated heterocycles. The van der Waals surface area contributed by atoms with E-state index in [9.17, 15) is 9.59 Å². The Hall–Kier alpha value is -2.46. The molecule has 0 aliphatic rings. The lowest BCUT2D eigenvalue weighted by Crippen LogP contribution is -2.46. The maximum absolute atomic E-state index is 12.9. The van der Waals surface area contributed by atoms with Crippen molar-refractivity contribution in [3.63, 3.8) is 0 Å². The number of hydrogen-bond donors (Lipinski definition) is 0. The van der Waals surface area contributed by atoms with Gasteiger partial charge in [0.05, 0.1) is 12.1 Å². The third kappa shape index (κ3) is 9.54. The van der Waals surface area contributed by atoms with Crippen LogP contribution in [-0.4, -0.2) is 30.9 Å². The molecule has 2 aromatic carbocycles. The summed E-state index contributed by atoms with van der Waals surface area (Å²) < 4.78 is 6.03. The normalized spacial score (nSPS) is 13.7. The predicted octanol–water partition coefficient (Wildman–Crippen LogP) is 8.35. The van der Waals surface area contributed by atoms with Crippen LogP contribution in [0.4, 0.5) is 5.69 Å². The molecule has 0 aliphatic heterocycles. The van der Waals surface area contributed by atoms with Crippen LogP contribution in [0.25, 0.3) is 0 Å². The number of ether oxygens (including phenoxy) is 1. The number of benzene rings is 2. The molecule has 0 fully saturated rings. The van der Waals surface area contributed by atoms with Gasteiger partial charge in [-0.1, -0.05) is 94.3 Å². The minimum Gasteiger partial charge on any atom is -0.377 e. The molecule has 1 amide bonds. The number of amides is 1. The molecule has 3 atom stereocenters. The topological polar surface area (TPSA) is 46.6 Å². The molecule has 0 aromatic heterocycles. The van der Waals surface area contributed by atoms with E-state index in [-0.39, 0.29) is 24.0 Å². The molecule has 0 spiro atoms. The maximum atomic E-state index is 12.9. The van der Waals surface area contributed by atoms with E-state index in [0.717, 1.165) is 48.8 Å². The number of hydrogen-bond acceptors (Lipinski definition) is 3. The van der Waals surface area contributed by atoms with E-state index in [0.29, 0.717) is 6.61 Å². The van der Waals surface area contributed by atoms with Crippen molar-refractivity contribution in [3.05, 3.63) is 65.7 Å². The highest BCUT2D eigenvalue weighted by atomic mass is 16.5. The Morgan fingerprint density at radius 2 is 1.50 bits per heavy atom. The highest BCUT2D eigenvalue weighted by Crippen LogP contribution is 2.33. The Balaban J connectivity index is 2.21. The summed E-state index contributed by atoms with van der Waals surface area (Å²) in [5.41, 5.74) is 2.82. The Morgan fingerprint density at radius 3 is 2.14 bits per heavy atom. The maximum Gasteiger partial charge on any atom is 0.224 e. The highest BCUT2D eigenvalue weighted by molar-refractivity contribution is 5.92. The van der Waals surface area contributed by atoms with Crippen LogP contribution in [0, 0.1) is 0 Å². The Bertz CT molecular complexity index is 882. The van der Waals surface area contributed by atoms with Crippen LogP contribution >= 0.6 is 0 Å². The molecule has 0 saturated carbocycles. The molecule has 4 heteroatoms. The minimum atomic E-state index is -0.0976. The molecule has 3 unspecified atom stereocenters. The van der Waals surface area contributed by atoms with Gasteiger partial charge >= 0.3 is 0 Å². The van der Waals surface area contributed by atoms with E-state index in [1.165, 1.54) is 38.5 Å². The van der Waals surface area contributed by atoms with Crippen molar-refractivity contribution in [1.82, 2.24) is 0 Å². The van der Waals surface area contributed by atoms with Crippen molar-refractivity contribution >= 4 is 17.9 Å². The van der Waals surface area contributed by atoms with Crippen LogP contribution in [-0.2, 0) is 9.53 Å². The van der Waals surface area contributed by atoms with Crippen molar-refractivity contribution in [2.75, 3.05) is 11.5 Å². The van der Waals surface area contributed by atoms with E-state index in [1.54, 1.807) is 6.92 Å². The first kappa shape index (κ1) is 29.8. The Kier molecular flexibility index (Phi) is 14.1. The first-order valence-electron chi connectivity index (χ1n) is 14.0. The largest absolute Gasteiger partial charge is 0.377 e. The number of para-hydroxylation sites is 1. The SMILES string of the molecule is CCCCCCCCCC(CCC(C(C)OCC)N(C(C)=O)c1ccccc1)c1ccccc1C=O. The number of anilines is 1. The van der Waals surface area contributed by atoms with Gasteiger partial charge in [0.2, 0.25) is 5.91 Å². The zero-order valence-corrected chi connectivity index (χ0v) is 23.0. The van der Waals surface area contributed by atoms with E-state index < -0.39 is 0 Å². The van der Waals surface area contributed by atoms with Gasteiger partial charge in [-0.15, -0.1) is 0 Å². The molecule has 2 rings (SSSR count). The van der Waals surface area contributed by atoms with Crippen molar-refractivity contribution in [2.24, 2.45) is 0 Å². The molecular weight excluding hydrogens is 446 g/mol. The summed E-state index contributed by atoms with van der Waals surface area (Å²) in [6.45, 7) is 8.55. The van der Waals surface area contributed by atoms with Crippen LogP contribution in [0.1, 0.15) is 114 Å². The van der Waals surface area contributed by atoms with Crippen LogP contribution in [0.2, 0.25) is 0 Å². The summed E-state index contributed by atoms with van der Waals surface area (Å²) in [5.74, 6) is 0.303. The van der Waals surface area contributed by atoms with Gasteiger partial charge in [0.25, 0.3) is 0 Å². The van der Waals surface area contributed by atoms with E-state index in [1.807, 2.05) is 60.4 Å². The van der Waals surface area contributed by atoms with E-state index >= 15 is 0 Å². The first-order valence-corrected chi connectivity index (χ1v) is 14.0. The van der Waals surface area contributed by atoms with Gasteiger partial charge in [0.15, 0.2) is 0 Å². The number of carbonyl (C=O) groups excluding carboxylic acids is 2. The molecule has 0 bridgehead atoms. The van der Waals surface area contributed by atoms with Crippen LogP contribution < -0.4 is 4.90 Å². The molecule has 2 aromatic rings. The third-order valence-corrected chi connectivity index (χ3v) is 7.21. The second-order valence-corrected chi connectivity index (χ2v) is 9.88. The van der Waals surface area contributed by atoms with Crippen LogP contribution in [0.3, 0.4) is 0 Å². The average Bonchev–Trinajstić information content (AvgIpc) is 2.89. The Morgan fingerprint density at radius 1 is 0.861 bits per heavy atom. The quantitative estimate of drug-likeness (QED) is 0.155. The lowest BCUT2D eigenvalue weighted by molar-refractivity contribution is -0.117. The summed E-state index contributed by atoms with van der Waals surface area (Å²) in [4.78, 5) is 26.6. The summed E-state index contributed by atoms with van der Waals surface area (Å²) >= 11 is 0. The Labute approximate surface area is 219 Å². The van der Waals surface area contributed by atoms with Gasteiger partial charge < -0.3 is 9.64 Å². The second-order valence-electron chi connectivity index (χ2n) is 9.88. The van der Waals surface area contributed by atoms with Crippen molar-refractivity contribution < 1.29 is 14.3 Å². The number of nitrogens with zero attached hydrogens (tertiary/aromatic N) is 1. The fraction of sp³-hybridized carbons (Fsp3) is 0.562. The number of rotatable bonds is 18. The summed E-state index contributed by atoms with van der Waals surface area (Å²) in [6.07, 6.45) is 12.5. The van der Waals surface area contributed by atoms with Gasteiger partial charge in [0.1, 0.15) is 6.29 Å². The van der Waals surface area contributed by atoms with Gasteiger partial charge in [-0.25, -0.2) is 0 Å². The van der Waals surface area contributed by atoms with Crippen molar-refractivity contribution in [3.8, 4) is 0 Å². The second kappa shape index (κ2) is 17.1. The number of unbranched alkanes of at least 4 members (excludes halogenated alkanes) is 6. The fourth-order valence-electron chi connectivity index (χ4n) is 5.31. The van der Waals surface area contributed by atoms with Gasteiger partial charge in [0, 0.05) is 24.8 Å². The van der Waals surface area contributed by atoms with E-state index in [2.05, 4.69) is 19.9 Å².